The van der Waals surface area contributed by atoms with Crippen molar-refractivity contribution in [1.82, 2.24) is 10.2 Å². The van der Waals surface area contributed by atoms with Crippen LogP contribution in [0.25, 0.3) is 0 Å². The summed E-state index contributed by atoms with van der Waals surface area (Å²) in [5, 5.41) is 19.9. The first-order valence-corrected chi connectivity index (χ1v) is 5.05. The minimum atomic E-state index is -1.40. The number of aliphatic hydroxyl groups is 1. The summed E-state index contributed by atoms with van der Waals surface area (Å²) >= 11 is 0. The van der Waals surface area contributed by atoms with Gasteiger partial charge in [0.1, 0.15) is 0 Å². The topological polar surface area (TPSA) is 89.9 Å². The van der Waals surface area contributed by atoms with Gasteiger partial charge in [0, 0.05) is 26.1 Å². The predicted octanol–water partition coefficient (Wildman–Crippen LogP) is -0.373. The number of carbonyl (C=O) groups is 2. The van der Waals surface area contributed by atoms with Crippen LogP contribution in [0, 0.1) is 0 Å². The molecule has 6 heteroatoms. The van der Waals surface area contributed by atoms with E-state index in [9.17, 15) is 9.59 Å². The van der Waals surface area contributed by atoms with Crippen LogP contribution >= 0.6 is 0 Å². The second-order valence-electron chi connectivity index (χ2n) is 3.57. The maximum atomic E-state index is 11.4. The van der Waals surface area contributed by atoms with Crippen LogP contribution in [0.5, 0.6) is 0 Å². The molecule has 3 N–H and O–H groups in total. The van der Waals surface area contributed by atoms with Gasteiger partial charge in [0.25, 0.3) is 0 Å². The zero-order chi connectivity index (χ0) is 11.3. The Hall–Kier alpha value is -1.30. The number of nitrogens with zero attached hydrogens (tertiary/aromatic N) is 1. The van der Waals surface area contributed by atoms with Crippen molar-refractivity contribution < 1.29 is 19.8 Å². The molecule has 15 heavy (non-hydrogen) atoms. The predicted molar refractivity (Wildman–Crippen MR) is 52.5 cm³/mol. The third-order valence-corrected chi connectivity index (χ3v) is 2.37. The molecule has 0 aromatic heterocycles. The lowest BCUT2D eigenvalue weighted by molar-refractivity contribution is -0.146. The van der Waals surface area contributed by atoms with Gasteiger partial charge >= 0.3 is 12.0 Å². The summed E-state index contributed by atoms with van der Waals surface area (Å²) in [5.41, 5.74) is 0. The number of hydrogen-bond acceptors (Lipinski definition) is 3. The first kappa shape index (κ1) is 11.8. The monoisotopic (exact) mass is 216 g/mol. The van der Waals surface area contributed by atoms with Gasteiger partial charge in [-0.05, 0) is 12.8 Å². The number of urea groups is 1. The SMILES string of the molecule is O=C(O)[C@@H](O)CCNC(=O)N1CCCC1. The molecule has 0 aromatic rings. The van der Waals surface area contributed by atoms with Crippen LogP contribution in [0.1, 0.15) is 19.3 Å². The number of aliphatic hydroxyl groups excluding tert-OH is 1. The molecule has 0 radical (unpaired) electrons. The summed E-state index contributed by atoms with van der Waals surface area (Å²) in [6.45, 7) is 1.70. The summed E-state index contributed by atoms with van der Waals surface area (Å²) in [6.07, 6.45) is 0.675. The highest BCUT2D eigenvalue weighted by molar-refractivity contribution is 5.75. The molecule has 2 amide bonds. The summed E-state index contributed by atoms with van der Waals surface area (Å²) in [5.74, 6) is -1.26. The van der Waals surface area contributed by atoms with Crippen molar-refractivity contribution in [2.75, 3.05) is 19.6 Å². The van der Waals surface area contributed by atoms with E-state index in [1.54, 1.807) is 4.90 Å². The standard InChI is InChI=1S/C9H16N2O4/c12-7(8(13)14)3-4-10-9(15)11-5-1-2-6-11/h7,12H,1-6H2,(H,10,15)(H,13,14)/t7-/m0/s1. The molecule has 0 bridgehead atoms. The number of carboxylic acid groups (broad SMARTS) is 1. The number of carbonyl (C=O) groups excluding carboxylic acids is 1. The lowest BCUT2D eigenvalue weighted by atomic mass is 10.2. The molecule has 1 aliphatic heterocycles. The first-order chi connectivity index (χ1) is 7.11. The largest absolute Gasteiger partial charge is 0.479 e. The van der Waals surface area contributed by atoms with Gasteiger partial charge in [0.2, 0.25) is 0 Å². The zero-order valence-electron chi connectivity index (χ0n) is 8.48. The molecule has 1 aliphatic rings. The van der Waals surface area contributed by atoms with Gasteiger partial charge in [-0.2, -0.15) is 0 Å². The van der Waals surface area contributed by atoms with Crippen LogP contribution in [-0.4, -0.2) is 52.9 Å². The van der Waals surface area contributed by atoms with Crippen LogP contribution in [0.15, 0.2) is 0 Å². The van der Waals surface area contributed by atoms with E-state index in [4.69, 9.17) is 10.2 Å². The molecule has 0 spiro atoms. The molecule has 1 heterocycles. The van der Waals surface area contributed by atoms with Crippen LogP contribution in [0.2, 0.25) is 0 Å². The van der Waals surface area contributed by atoms with Gasteiger partial charge in [-0.25, -0.2) is 9.59 Å². The van der Waals surface area contributed by atoms with Crippen molar-refractivity contribution in [3.8, 4) is 0 Å². The fourth-order valence-corrected chi connectivity index (χ4v) is 1.47. The Labute approximate surface area is 87.9 Å². The van der Waals surface area contributed by atoms with Crippen molar-refractivity contribution in [2.45, 2.75) is 25.4 Å². The number of amides is 2. The molecule has 1 fully saturated rings. The lowest BCUT2D eigenvalue weighted by Gasteiger charge is -2.16. The minimum absolute atomic E-state index is 0.0366. The molecule has 0 unspecified atom stereocenters. The Balaban J connectivity index is 2.14. The summed E-state index contributed by atoms with van der Waals surface area (Å²) < 4.78 is 0. The minimum Gasteiger partial charge on any atom is -0.479 e. The van der Waals surface area contributed by atoms with Crippen LogP contribution in [-0.2, 0) is 4.79 Å². The molecule has 0 aromatic carbocycles. The fraction of sp³-hybridized carbons (Fsp3) is 0.778. The number of carboxylic acids is 1. The molecule has 1 saturated heterocycles. The maximum Gasteiger partial charge on any atom is 0.332 e. The first-order valence-electron chi connectivity index (χ1n) is 5.05. The molecule has 1 atom stereocenters. The van der Waals surface area contributed by atoms with Crippen molar-refractivity contribution >= 4 is 12.0 Å². The van der Waals surface area contributed by atoms with Crippen LogP contribution in [0.3, 0.4) is 0 Å². The van der Waals surface area contributed by atoms with Gasteiger partial charge in [-0.3, -0.25) is 0 Å². The molecule has 0 aliphatic carbocycles. The Bertz CT molecular complexity index is 238. The number of likely N-dealkylation sites (tertiary alicyclic amines) is 1. The third kappa shape index (κ3) is 3.75. The van der Waals surface area contributed by atoms with E-state index in [1.807, 2.05) is 0 Å². The zero-order valence-corrected chi connectivity index (χ0v) is 8.48. The van der Waals surface area contributed by atoms with Crippen LogP contribution in [0.4, 0.5) is 4.79 Å². The Morgan fingerprint density at radius 2 is 1.93 bits per heavy atom. The van der Waals surface area contributed by atoms with E-state index in [1.165, 1.54) is 0 Å². The highest BCUT2D eigenvalue weighted by atomic mass is 16.4. The number of aliphatic carboxylic acids is 1. The second kappa shape index (κ2) is 5.55. The van der Waals surface area contributed by atoms with E-state index in [0.717, 1.165) is 25.9 Å². The third-order valence-electron chi connectivity index (χ3n) is 2.37. The quantitative estimate of drug-likeness (QED) is 0.598. The number of hydrogen-bond donors (Lipinski definition) is 3. The van der Waals surface area contributed by atoms with E-state index < -0.39 is 12.1 Å². The van der Waals surface area contributed by atoms with Crippen molar-refractivity contribution in [3.63, 3.8) is 0 Å². The molecule has 86 valence electrons. The van der Waals surface area contributed by atoms with Crippen molar-refractivity contribution in [3.05, 3.63) is 0 Å². The average molecular weight is 216 g/mol. The molecular formula is C9H16N2O4. The van der Waals surface area contributed by atoms with E-state index in [0.29, 0.717) is 0 Å². The average Bonchev–Trinajstić information content (AvgIpc) is 2.70. The normalized spacial score (nSPS) is 17.5. The maximum absolute atomic E-state index is 11.4. The van der Waals surface area contributed by atoms with Crippen LogP contribution < -0.4 is 5.32 Å². The van der Waals surface area contributed by atoms with E-state index >= 15 is 0 Å². The van der Waals surface area contributed by atoms with Gasteiger partial charge in [-0.1, -0.05) is 0 Å². The van der Waals surface area contributed by atoms with E-state index in [2.05, 4.69) is 5.32 Å². The molecule has 6 nitrogen and oxygen atoms in total. The summed E-state index contributed by atoms with van der Waals surface area (Å²) in [7, 11) is 0. The lowest BCUT2D eigenvalue weighted by Crippen LogP contribution is -2.39. The highest BCUT2D eigenvalue weighted by Gasteiger charge is 2.18. The second-order valence-corrected chi connectivity index (χ2v) is 3.57. The fourth-order valence-electron chi connectivity index (χ4n) is 1.47. The Morgan fingerprint density at radius 3 is 2.47 bits per heavy atom. The van der Waals surface area contributed by atoms with Gasteiger partial charge in [-0.15, -0.1) is 0 Å². The van der Waals surface area contributed by atoms with Crippen molar-refractivity contribution in [1.29, 1.82) is 0 Å². The van der Waals surface area contributed by atoms with Gasteiger partial charge in [0.05, 0.1) is 0 Å². The van der Waals surface area contributed by atoms with Gasteiger partial charge in [0.15, 0.2) is 6.10 Å². The summed E-state index contributed by atoms with van der Waals surface area (Å²) in [6, 6.07) is -0.176. The van der Waals surface area contributed by atoms with Gasteiger partial charge < -0.3 is 20.4 Å². The molecule has 1 rings (SSSR count). The number of rotatable bonds is 4. The molecule has 0 saturated carbocycles. The smallest absolute Gasteiger partial charge is 0.332 e. The summed E-state index contributed by atoms with van der Waals surface area (Å²) in [4.78, 5) is 23.3. The van der Waals surface area contributed by atoms with Crippen molar-refractivity contribution in [2.24, 2.45) is 0 Å². The van der Waals surface area contributed by atoms with E-state index in [-0.39, 0.29) is 19.0 Å². The Morgan fingerprint density at radius 1 is 1.33 bits per heavy atom. The molecular weight excluding hydrogens is 200 g/mol. The Kier molecular flexibility index (Phi) is 4.36. The highest BCUT2D eigenvalue weighted by Crippen LogP contribution is 2.06. The number of nitrogens with one attached hydrogen (secondary N) is 1.